The van der Waals surface area contributed by atoms with Gasteiger partial charge in [-0.15, -0.1) is 0 Å². The zero-order valence-corrected chi connectivity index (χ0v) is 28.1. The first-order chi connectivity index (χ1) is 20.9. The normalized spacial score (nSPS) is 12.7. The fourth-order valence-electron chi connectivity index (χ4n) is 4.15. The molecule has 3 aromatic rings. The number of hydrogen-bond acceptors (Lipinski definition) is 4. The highest BCUT2D eigenvalue weighted by Gasteiger charge is 2.22. The predicted molar refractivity (Wildman–Crippen MR) is 183 cm³/mol. The lowest BCUT2D eigenvalue weighted by Gasteiger charge is -2.19. The SMILES string of the molecule is CC(C)(C)C#Cc1ccc(NC(=O)C(Cc2ccc(C(=O)NCCS(=O)(=O)O)cc2)c2ccc(/C=C/C(C)(C)C)cc2)cc1Cl. The second kappa shape index (κ2) is 14.9. The number of anilines is 1. The van der Waals surface area contributed by atoms with E-state index in [4.69, 9.17) is 16.2 Å². The van der Waals surface area contributed by atoms with Crippen LogP contribution in [0.1, 0.15) is 80.1 Å². The van der Waals surface area contributed by atoms with Gasteiger partial charge in [-0.1, -0.05) is 92.8 Å². The summed E-state index contributed by atoms with van der Waals surface area (Å²) in [6.07, 6.45) is 4.55. The lowest BCUT2D eigenvalue weighted by molar-refractivity contribution is -0.117. The van der Waals surface area contributed by atoms with Crippen LogP contribution in [-0.2, 0) is 21.3 Å². The van der Waals surface area contributed by atoms with E-state index < -0.39 is 27.7 Å². The van der Waals surface area contributed by atoms with E-state index in [9.17, 15) is 18.0 Å². The quantitative estimate of drug-likeness (QED) is 0.157. The van der Waals surface area contributed by atoms with Gasteiger partial charge in [0.15, 0.2) is 0 Å². The Morgan fingerprint density at radius 3 is 2.16 bits per heavy atom. The van der Waals surface area contributed by atoms with Crippen LogP contribution in [0.2, 0.25) is 5.02 Å². The minimum atomic E-state index is -4.17. The van der Waals surface area contributed by atoms with Gasteiger partial charge in [0, 0.05) is 28.8 Å². The van der Waals surface area contributed by atoms with Gasteiger partial charge < -0.3 is 10.6 Å². The average molecular weight is 649 g/mol. The third-order valence-corrected chi connectivity index (χ3v) is 7.57. The highest BCUT2D eigenvalue weighted by atomic mass is 35.5. The largest absolute Gasteiger partial charge is 0.351 e. The van der Waals surface area contributed by atoms with Crippen LogP contribution in [-0.4, -0.2) is 37.1 Å². The Morgan fingerprint density at radius 1 is 0.956 bits per heavy atom. The van der Waals surface area contributed by atoms with Crippen molar-refractivity contribution in [2.75, 3.05) is 17.6 Å². The molecule has 7 nitrogen and oxygen atoms in total. The molecular formula is C36H41ClN2O5S. The van der Waals surface area contributed by atoms with Crippen molar-refractivity contribution in [2.45, 2.75) is 53.9 Å². The Hall–Kier alpha value is -3.90. The number of rotatable bonds is 10. The summed E-state index contributed by atoms with van der Waals surface area (Å²) in [6.45, 7) is 12.2. The molecule has 2 amide bonds. The van der Waals surface area contributed by atoms with Crippen LogP contribution in [0.4, 0.5) is 5.69 Å². The van der Waals surface area contributed by atoms with Crippen LogP contribution < -0.4 is 10.6 Å². The van der Waals surface area contributed by atoms with Crippen molar-refractivity contribution in [3.63, 3.8) is 0 Å². The Morgan fingerprint density at radius 2 is 1.60 bits per heavy atom. The zero-order valence-electron chi connectivity index (χ0n) is 26.6. The van der Waals surface area contributed by atoms with Gasteiger partial charge in [-0.25, -0.2) is 0 Å². The lowest BCUT2D eigenvalue weighted by Crippen LogP contribution is -2.28. The first kappa shape index (κ1) is 35.6. The number of benzene rings is 3. The fourth-order valence-corrected chi connectivity index (χ4v) is 4.74. The molecule has 0 heterocycles. The molecule has 1 atom stereocenters. The summed E-state index contributed by atoms with van der Waals surface area (Å²) in [6, 6.07) is 19.9. The molecule has 0 aromatic heterocycles. The van der Waals surface area contributed by atoms with Crippen LogP contribution in [0.25, 0.3) is 6.08 Å². The number of halogens is 1. The first-order valence-electron chi connectivity index (χ1n) is 14.6. The van der Waals surface area contributed by atoms with Gasteiger partial charge in [0.2, 0.25) is 5.91 Å². The van der Waals surface area contributed by atoms with Crippen molar-refractivity contribution < 1.29 is 22.6 Å². The Kier molecular flexibility index (Phi) is 11.8. The van der Waals surface area contributed by atoms with Crippen molar-refractivity contribution in [3.05, 3.63) is 106 Å². The molecule has 0 radical (unpaired) electrons. The van der Waals surface area contributed by atoms with Crippen LogP contribution in [0.5, 0.6) is 0 Å². The first-order valence-corrected chi connectivity index (χ1v) is 16.6. The summed E-state index contributed by atoms with van der Waals surface area (Å²) in [5, 5.41) is 5.92. The van der Waals surface area contributed by atoms with Gasteiger partial charge in [-0.05, 0) is 79.6 Å². The van der Waals surface area contributed by atoms with Crippen molar-refractivity contribution in [1.82, 2.24) is 5.32 Å². The predicted octanol–water partition coefficient (Wildman–Crippen LogP) is 7.38. The maximum atomic E-state index is 13.8. The molecule has 3 aromatic carbocycles. The van der Waals surface area contributed by atoms with E-state index in [0.717, 1.165) is 16.7 Å². The third kappa shape index (κ3) is 12.6. The van der Waals surface area contributed by atoms with Crippen molar-refractivity contribution >= 4 is 45.3 Å². The number of amides is 2. The molecule has 3 rings (SSSR count). The molecule has 238 valence electrons. The average Bonchev–Trinajstić information content (AvgIpc) is 2.93. The minimum absolute atomic E-state index is 0.0375. The van der Waals surface area contributed by atoms with Crippen LogP contribution >= 0.6 is 11.6 Å². The fraction of sp³-hybridized carbons (Fsp3) is 0.333. The topological polar surface area (TPSA) is 113 Å². The smallest absolute Gasteiger partial charge is 0.266 e. The number of carbonyl (C=O) groups excluding carboxylic acids is 2. The lowest BCUT2D eigenvalue weighted by atomic mass is 9.89. The molecule has 0 fully saturated rings. The van der Waals surface area contributed by atoms with Crippen LogP contribution in [0.15, 0.2) is 72.8 Å². The van der Waals surface area contributed by atoms with E-state index >= 15 is 0 Å². The monoisotopic (exact) mass is 648 g/mol. The third-order valence-electron chi connectivity index (χ3n) is 6.54. The van der Waals surface area contributed by atoms with Gasteiger partial charge in [-0.3, -0.25) is 14.1 Å². The number of carbonyl (C=O) groups is 2. The molecule has 0 aliphatic rings. The molecule has 45 heavy (non-hydrogen) atoms. The van der Waals surface area contributed by atoms with E-state index in [1.165, 1.54) is 0 Å². The summed E-state index contributed by atoms with van der Waals surface area (Å²) in [5.74, 6) is 4.46. The minimum Gasteiger partial charge on any atom is -0.351 e. The van der Waals surface area contributed by atoms with E-state index in [1.807, 2.05) is 45.0 Å². The molecule has 0 aliphatic heterocycles. The zero-order chi connectivity index (χ0) is 33.4. The summed E-state index contributed by atoms with van der Waals surface area (Å²) in [7, 11) is -4.17. The maximum absolute atomic E-state index is 13.8. The van der Waals surface area contributed by atoms with Gasteiger partial charge in [-0.2, -0.15) is 8.42 Å². The van der Waals surface area contributed by atoms with Crippen LogP contribution in [0.3, 0.4) is 0 Å². The van der Waals surface area contributed by atoms with Crippen LogP contribution in [0, 0.1) is 22.7 Å². The van der Waals surface area contributed by atoms with Gasteiger partial charge in [0.1, 0.15) is 0 Å². The maximum Gasteiger partial charge on any atom is 0.266 e. The molecule has 0 saturated carbocycles. The van der Waals surface area contributed by atoms with Gasteiger partial charge >= 0.3 is 0 Å². The second-order valence-electron chi connectivity index (χ2n) is 13.0. The molecule has 0 bridgehead atoms. The van der Waals surface area contributed by atoms with Crippen molar-refractivity contribution in [3.8, 4) is 11.8 Å². The number of allylic oxidation sites excluding steroid dienone is 1. The van der Waals surface area contributed by atoms with E-state index in [2.05, 4.69) is 55.4 Å². The standard InChI is InChI=1S/C36H41ClN2O5S/c1-35(2,3)19-17-25-7-11-27(12-8-25)31(23-26-9-13-29(14-10-26)33(40)38-21-22-45(42,43)44)34(41)39-30-16-15-28(32(37)24-30)18-20-36(4,5)6/h7-17,19,24,31H,21-23H2,1-6H3,(H,38,40)(H,39,41)(H,42,43,44)/b19-17+. The van der Waals surface area contributed by atoms with E-state index in [1.54, 1.807) is 42.5 Å². The number of nitrogens with one attached hydrogen (secondary N) is 2. The molecule has 9 heteroatoms. The summed E-state index contributed by atoms with van der Waals surface area (Å²) < 4.78 is 30.7. The van der Waals surface area contributed by atoms with Crippen molar-refractivity contribution in [1.29, 1.82) is 0 Å². The molecular weight excluding hydrogens is 608 g/mol. The molecule has 0 aliphatic carbocycles. The molecule has 0 saturated heterocycles. The number of hydrogen-bond donors (Lipinski definition) is 3. The Bertz CT molecular complexity index is 1700. The summed E-state index contributed by atoms with van der Waals surface area (Å²) in [4.78, 5) is 26.2. The molecule has 3 N–H and O–H groups in total. The summed E-state index contributed by atoms with van der Waals surface area (Å²) in [5.41, 5.74) is 4.10. The molecule has 1 unspecified atom stereocenters. The van der Waals surface area contributed by atoms with Gasteiger partial charge in [0.05, 0.1) is 16.7 Å². The summed E-state index contributed by atoms with van der Waals surface area (Å²) >= 11 is 6.51. The Balaban J connectivity index is 1.84. The highest BCUT2D eigenvalue weighted by Crippen LogP contribution is 2.27. The second-order valence-corrected chi connectivity index (χ2v) is 15.0. The van der Waals surface area contributed by atoms with E-state index in [-0.39, 0.29) is 23.3 Å². The Labute approximate surface area is 272 Å². The van der Waals surface area contributed by atoms with E-state index in [0.29, 0.717) is 28.3 Å². The van der Waals surface area contributed by atoms with Crippen molar-refractivity contribution in [2.24, 2.45) is 10.8 Å². The highest BCUT2D eigenvalue weighted by molar-refractivity contribution is 7.85. The van der Waals surface area contributed by atoms with Gasteiger partial charge in [0.25, 0.3) is 16.0 Å². The molecule has 0 spiro atoms.